The lowest BCUT2D eigenvalue weighted by molar-refractivity contribution is -0.122. The lowest BCUT2D eigenvalue weighted by atomic mass is 9.93. The van der Waals surface area contributed by atoms with Gasteiger partial charge < -0.3 is 37.4 Å². The van der Waals surface area contributed by atoms with Crippen molar-refractivity contribution in [2.75, 3.05) is 29.9 Å². The molecule has 4 rings (SSSR count). The van der Waals surface area contributed by atoms with Crippen molar-refractivity contribution < 1.29 is 9.59 Å². The number of hydrogen-bond acceptors (Lipinski definition) is 8. The molecule has 10 nitrogen and oxygen atoms in total. The highest BCUT2D eigenvalue weighted by molar-refractivity contribution is 6.08. The molecule has 1 aliphatic heterocycles. The van der Waals surface area contributed by atoms with Crippen LogP contribution in [0.1, 0.15) is 30.4 Å². The summed E-state index contributed by atoms with van der Waals surface area (Å²) in [5.41, 5.74) is 8.65. The Morgan fingerprint density at radius 1 is 1.18 bits per heavy atom. The topological polar surface area (TPSA) is 160 Å². The van der Waals surface area contributed by atoms with E-state index in [1.165, 1.54) is 12.4 Å². The van der Waals surface area contributed by atoms with Crippen LogP contribution in [0.25, 0.3) is 5.57 Å². The summed E-state index contributed by atoms with van der Waals surface area (Å²) >= 11 is 0. The van der Waals surface area contributed by atoms with Crippen molar-refractivity contribution in [3.63, 3.8) is 0 Å². The van der Waals surface area contributed by atoms with Gasteiger partial charge in [-0.1, -0.05) is 24.3 Å². The van der Waals surface area contributed by atoms with Gasteiger partial charge in [0.1, 0.15) is 11.4 Å². The summed E-state index contributed by atoms with van der Waals surface area (Å²) < 4.78 is 0. The van der Waals surface area contributed by atoms with Crippen LogP contribution in [-0.2, 0) is 16.0 Å². The van der Waals surface area contributed by atoms with Crippen LogP contribution in [0.4, 0.5) is 11.5 Å². The predicted octanol–water partition coefficient (Wildman–Crippen LogP) is 2.44. The maximum atomic E-state index is 13.0. The van der Waals surface area contributed by atoms with Gasteiger partial charge in [-0.2, -0.15) is 0 Å². The van der Waals surface area contributed by atoms with Gasteiger partial charge >= 0.3 is 0 Å². The third-order valence-corrected chi connectivity index (χ3v) is 6.78. The largest absolute Gasteiger partial charge is 0.389 e. The van der Waals surface area contributed by atoms with Gasteiger partial charge in [-0.3, -0.25) is 9.59 Å². The second-order valence-electron chi connectivity index (χ2n) is 9.52. The minimum absolute atomic E-state index is 0.0549. The first kappa shape index (κ1) is 26.7. The van der Waals surface area contributed by atoms with E-state index in [9.17, 15) is 9.59 Å². The highest BCUT2D eigenvalue weighted by atomic mass is 16.2. The Bertz CT molecular complexity index is 1250. The number of aromatic nitrogens is 1. The molecule has 198 valence electrons. The second kappa shape index (κ2) is 12.3. The first-order valence-electron chi connectivity index (χ1n) is 12.7. The zero-order valence-corrected chi connectivity index (χ0v) is 21.2. The maximum Gasteiger partial charge on any atom is 0.247 e. The molecule has 0 radical (unpaired) electrons. The number of anilines is 2. The zero-order chi connectivity index (χ0) is 27.0. The summed E-state index contributed by atoms with van der Waals surface area (Å²) in [7, 11) is 0. The number of pyridine rings is 1. The Hall–Kier alpha value is -4.31. The van der Waals surface area contributed by atoms with E-state index in [4.69, 9.17) is 16.6 Å². The summed E-state index contributed by atoms with van der Waals surface area (Å²) in [6, 6.07) is 11.0. The number of benzene rings is 1. The van der Waals surface area contributed by atoms with Gasteiger partial charge in [0, 0.05) is 61.8 Å². The third kappa shape index (κ3) is 6.51. The maximum absolute atomic E-state index is 13.0. The molecule has 7 N–H and O–H groups in total. The standard InChI is InChI=1S/C28H34N8O2/c29-9-2-10-32-12-13-33-19-22(18-30)21-4-1-3-20(15-21)16-26(37)35-25-17-24(7-11-34-25)36-14-8-28(31,27(36)38)23-5-6-23/h1-4,7,9-11,15,17-19,23,29-30,32-33H,5-6,8,12-14,16,31H2,(H,34,35,37)/b10-2-,22-19+,29-9?,30-18?/t28-/m1/s1. The summed E-state index contributed by atoms with van der Waals surface area (Å²) in [6.45, 7) is 1.87. The molecule has 2 heterocycles. The fourth-order valence-electron chi connectivity index (χ4n) is 4.60. The molecule has 38 heavy (non-hydrogen) atoms. The molecule has 1 aliphatic carbocycles. The number of nitrogens with two attached hydrogens (primary N) is 1. The van der Waals surface area contributed by atoms with Gasteiger partial charge in [0.15, 0.2) is 0 Å². The van der Waals surface area contributed by atoms with Gasteiger partial charge in [-0.05, 0) is 54.6 Å². The molecule has 0 bridgehead atoms. The minimum Gasteiger partial charge on any atom is -0.389 e. The van der Waals surface area contributed by atoms with Crippen molar-refractivity contribution in [3.8, 4) is 0 Å². The highest BCUT2D eigenvalue weighted by Gasteiger charge is 2.53. The van der Waals surface area contributed by atoms with Gasteiger partial charge in [-0.15, -0.1) is 0 Å². The monoisotopic (exact) mass is 514 g/mol. The summed E-state index contributed by atoms with van der Waals surface area (Å²) in [5, 5.41) is 23.8. The molecular formula is C28H34N8O2. The van der Waals surface area contributed by atoms with Crippen LogP contribution in [-0.4, -0.2) is 54.4 Å². The average Bonchev–Trinajstić information content (AvgIpc) is 3.72. The zero-order valence-electron chi connectivity index (χ0n) is 21.2. The first-order valence-corrected chi connectivity index (χ1v) is 12.7. The Kier molecular flexibility index (Phi) is 8.65. The Morgan fingerprint density at radius 2 is 2.00 bits per heavy atom. The molecule has 1 saturated carbocycles. The summed E-state index contributed by atoms with van der Waals surface area (Å²) in [6.07, 6.45) is 11.9. The fraction of sp³-hybridized carbons (Fsp3) is 0.321. The smallest absolute Gasteiger partial charge is 0.247 e. The highest BCUT2D eigenvalue weighted by Crippen LogP contribution is 2.44. The lowest BCUT2D eigenvalue weighted by Gasteiger charge is -2.23. The van der Waals surface area contributed by atoms with Crippen LogP contribution >= 0.6 is 0 Å². The summed E-state index contributed by atoms with van der Waals surface area (Å²) in [4.78, 5) is 31.7. The average molecular weight is 515 g/mol. The van der Waals surface area contributed by atoms with Crippen molar-refractivity contribution >= 4 is 41.3 Å². The van der Waals surface area contributed by atoms with Crippen LogP contribution in [0, 0.1) is 16.7 Å². The van der Waals surface area contributed by atoms with Gasteiger partial charge in [0.25, 0.3) is 0 Å². The molecule has 1 atom stereocenters. The number of nitrogens with zero attached hydrogens (tertiary/aromatic N) is 2. The Labute approximate surface area is 222 Å². The number of carbonyl (C=O) groups excluding carboxylic acids is 2. The number of nitrogens with one attached hydrogen (secondary N) is 5. The molecule has 1 saturated heterocycles. The number of amides is 2. The minimum atomic E-state index is -0.771. The lowest BCUT2D eigenvalue weighted by Crippen LogP contribution is -2.50. The SMILES string of the molecule is N=C/C=C\NCCN/C=C(\C=N)c1cccc(CC(=O)Nc2cc(N3CC[C@@](N)(C4CC4)C3=O)ccn2)c1. The molecular weight excluding hydrogens is 480 g/mol. The molecule has 0 spiro atoms. The van der Waals surface area contributed by atoms with E-state index < -0.39 is 5.54 Å². The molecule has 0 unspecified atom stereocenters. The van der Waals surface area contributed by atoms with Crippen LogP contribution < -0.4 is 26.6 Å². The fourth-order valence-corrected chi connectivity index (χ4v) is 4.60. The van der Waals surface area contributed by atoms with Crippen molar-refractivity contribution in [2.45, 2.75) is 31.2 Å². The van der Waals surface area contributed by atoms with E-state index in [0.29, 0.717) is 43.1 Å². The predicted molar refractivity (Wildman–Crippen MR) is 150 cm³/mol. The van der Waals surface area contributed by atoms with Gasteiger partial charge in [-0.25, -0.2) is 4.98 Å². The Balaban J connectivity index is 1.34. The molecule has 1 aromatic heterocycles. The first-order chi connectivity index (χ1) is 18.4. The van der Waals surface area contributed by atoms with E-state index >= 15 is 0 Å². The van der Waals surface area contributed by atoms with Gasteiger partial charge in [0.05, 0.1) is 6.42 Å². The van der Waals surface area contributed by atoms with Gasteiger partial charge in [0.2, 0.25) is 11.8 Å². The van der Waals surface area contributed by atoms with E-state index in [1.807, 2.05) is 24.3 Å². The van der Waals surface area contributed by atoms with Crippen LogP contribution in [0.5, 0.6) is 0 Å². The third-order valence-electron chi connectivity index (χ3n) is 6.78. The number of hydrogen-bond donors (Lipinski definition) is 6. The Morgan fingerprint density at radius 3 is 2.76 bits per heavy atom. The van der Waals surface area contributed by atoms with E-state index in [2.05, 4.69) is 20.9 Å². The van der Waals surface area contributed by atoms with Crippen molar-refractivity contribution in [1.82, 2.24) is 15.6 Å². The number of rotatable bonds is 13. The molecule has 1 aromatic carbocycles. The second-order valence-corrected chi connectivity index (χ2v) is 9.52. The van der Waals surface area contributed by atoms with E-state index in [-0.39, 0.29) is 24.2 Å². The number of allylic oxidation sites excluding steroid dienone is 2. The molecule has 2 aromatic rings. The van der Waals surface area contributed by atoms with E-state index in [1.54, 1.807) is 41.7 Å². The number of carbonyl (C=O) groups is 2. The van der Waals surface area contributed by atoms with Crippen molar-refractivity contribution in [1.29, 1.82) is 10.8 Å². The molecule has 10 heteroatoms. The molecule has 2 fully saturated rings. The van der Waals surface area contributed by atoms with Crippen LogP contribution in [0.3, 0.4) is 0 Å². The van der Waals surface area contributed by atoms with E-state index in [0.717, 1.165) is 24.0 Å². The normalized spacial score (nSPS) is 19.4. The quantitative estimate of drug-likeness (QED) is 0.178. The summed E-state index contributed by atoms with van der Waals surface area (Å²) in [5.74, 6) is 0.369. The van der Waals surface area contributed by atoms with Crippen LogP contribution in [0.2, 0.25) is 0 Å². The molecule has 2 aliphatic rings. The van der Waals surface area contributed by atoms with Crippen molar-refractivity contribution in [2.24, 2.45) is 11.7 Å². The molecule has 2 amide bonds. The van der Waals surface area contributed by atoms with Crippen LogP contribution in [0.15, 0.2) is 61.1 Å². The van der Waals surface area contributed by atoms with Crippen molar-refractivity contribution in [3.05, 3.63) is 72.2 Å².